The lowest BCUT2D eigenvalue weighted by Crippen LogP contribution is -2.30. The quantitative estimate of drug-likeness (QED) is 0.184. The molecule has 0 spiro atoms. The van der Waals surface area contributed by atoms with Crippen LogP contribution in [0.15, 0.2) is 5.16 Å². The van der Waals surface area contributed by atoms with Crippen molar-refractivity contribution in [2.45, 2.75) is 32.1 Å². The largest absolute Gasteiger partial charge is 0.409 e. The van der Waals surface area contributed by atoms with E-state index in [0.29, 0.717) is 12.3 Å². The summed E-state index contributed by atoms with van der Waals surface area (Å²) in [5, 5.41) is 15.0. The summed E-state index contributed by atoms with van der Waals surface area (Å²) in [7, 11) is 0. The molecule has 2 aliphatic carbocycles. The smallest absolute Gasteiger partial charge is 0.139 e. The summed E-state index contributed by atoms with van der Waals surface area (Å²) in [6.45, 7) is 3.55. The van der Waals surface area contributed by atoms with Gasteiger partial charge in [-0.3, -0.25) is 0 Å². The van der Waals surface area contributed by atoms with Crippen molar-refractivity contribution in [3.8, 4) is 0 Å². The maximum absolute atomic E-state index is 8.55. The molecule has 4 N–H and O–H groups in total. The second-order valence-corrected chi connectivity index (χ2v) is 5.46. The van der Waals surface area contributed by atoms with Crippen molar-refractivity contribution in [3.05, 3.63) is 0 Å². The molecule has 2 fully saturated rings. The van der Waals surface area contributed by atoms with Crippen LogP contribution < -0.4 is 11.1 Å². The van der Waals surface area contributed by atoms with Gasteiger partial charge >= 0.3 is 0 Å². The van der Waals surface area contributed by atoms with E-state index in [1.165, 1.54) is 25.7 Å². The van der Waals surface area contributed by atoms with Gasteiger partial charge in [0.05, 0.1) is 6.61 Å². The van der Waals surface area contributed by atoms with Gasteiger partial charge < -0.3 is 21.0 Å². The normalized spacial score (nSPS) is 22.7. The Balaban J connectivity index is 1.49. The van der Waals surface area contributed by atoms with Crippen molar-refractivity contribution in [1.82, 2.24) is 5.32 Å². The van der Waals surface area contributed by atoms with E-state index in [2.05, 4.69) is 10.5 Å². The fraction of sp³-hybridized carbons (Fsp3) is 0.917. The summed E-state index contributed by atoms with van der Waals surface area (Å²) in [6.07, 6.45) is 5.71. The Labute approximate surface area is 102 Å². The number of oxime groups is 1. The third-order valence-corrected chi connectivity index (χ3v) is 3.62. The molecule has 5 heteroatoms. The van der Waals surface area contributed by atoms with Crippen molar-refractivity contribution >= 4 is 5.84 Å². The zero-order valence-electron chi connectivity index (χ0n) is 10.3. The maximum atomic E-state index is 8.55. The van der Waals surface area contributed by atoms with Gasteiger partial charge in [0, 0.05) is 26.1 Å². The molecule has 0 heterocycles. The molecule has 0 aromatic carbocycles. The Morgan fingerprint density at radius 2 is 2.24 bits per heavy atom. The third kappa shape index (κ3) is 4.52. The SMILES string of the molecule is NC(CC1(CNCCOCC2CC2)CC1)=NO. The van der Waals surface area contributed by atoms with Gasteiger partial charge in [-0.15, -0.1) is 0 Å². The van der Waals surface area contributed by atoms with E-state index in [4.69, 9.17) is 15.7 Å². The summed E-state index contributed by atoms with van der Waals surface area (Å²) in [4.78, 5) is 0. The predicted octanol–water partition coefficient (Wildman–Crippen LogP) is 0.919. The van der Waals surface area contributed by atoms with Gasteiger partial charge in [-0.25, -0.2) is 0 Å². The molecule has 0 unspecified atom stereocenters. The average Bonchev–Trinajstić information content (AvgIpc) is 3.20. The number of hydrogen-bond acceptors (Lipinski definition) is 4. The first-order valence-electron chi connectivity index (χ1n) is 6.49. The zero-order chi connectivity index (χ0) is 12.1. The molecular formula is C12H23N3O2. The first-order chi connectivity index (χ1) is 8.24. The van der Waals surface area contributed by atoms with Crippen molar-refractivity contribution in [3.63, 3.8) is 0 Å². The lowest BCUT2D eigenvalue weighted by atomic mass is 10.0. The molecule has 5 nitrogen and oxygen atoms in total. The summed E-state index contributed by atoms with van der Waals surface area (Å²) in [5.41, 5.74) is 5.78. The number of hydrogen-bond donors (Lipinski definition) is 3. The Bertz CT molecular complexity index is 273. The zero-order valence-corrected chi connectivity index (χ0v) is 10.3. The topological polar surface area (TPSA) is 79.9 Å². The number of nitrogens with two attached hydrogens (primary N) is 1. The number of nitrogens with one attached hydrogen (secondary N) is 1. The average molecular weight is 241 g/mol. The summed E-state index contributed by atoms with van der Waals surface area (Å²) >= 11 is 0. The van der Waals surface area contributed by atoms with Crippen LogP contribution in [0.1, 0.15) is 32.1 Å². The summed E-state index contributed by atoms with van der Waals surface area (Å²) in [5.74, 6) is 1.18. The molecule has 0 saturated heterocycles. The molecule has 2 rings (SSSR count). The fourth-order valence-corrected chi connectivity index (χ4v) is 2.04. The molecular weight excluding hydrogens is 218 g/mol. The van der Waals surface area contributed by atoms with Gasteiger partial charge in [-0.05, 0) is 37.0 Å². The van der Waals surface area contributed by atoms with Crippen molar-refractivity contribution < 1.29 is 9.94 Å². The van der Waals surface area contributed by atoms with Gasteiger partial charge in [0.2, 0.25) is 0 Å². The summed E-state index contributed by atoms with van der Waals surface area (Å²) in [6, 6.07) is 0. The van der Waals surface area contributed by atoms with Crippen LogP contribution >= 0.6 is 0 Å². The monoisotopic (exact) mass is 241 g/mol. The third-order valence-electron chi connectivity index (χ3n) is 3.62. The highest BCUT2D eigenvalue weighted by atomic mass is 16.5. The van der Waals surface area contributed by atoms with E-state index in [0.717, 1.165) is 32.2 Å². The van der Waals surface area contributed by atoms with Crippen LogP contribution in [0.3, 0.4) is 0 Å². The molecule has 0 aliphatic heterocycles. The Kier molecular flexibility index (Phi) is 4.23. The number of rotatable bonds is 9. The molecule has 0 aromatic rings. The van der Waals surface area contributed by atoms with Gasteiger partial charge in [-0.2, -0.15) is 0 Å². The standard InChI is InChI=1S/C12H23N3O2/c13-11(15-16)7-12(3-4-12)9-14-5-6-17-8-10-1-2-10/h10,14,16H,1-9H2,(H2,13,15). The van der Waals surface area contributed by atoms with Crippen LogP contribution in [0.2, 0.25) is 0 Å². The molecule has 0 bridgehead atoms. The Hall–Kier alpha value is -0.810. The van der Waals surface area contributed by atoms with Crippen LogP contribution in [-0.2, 0) is 4.74 Å². The molecule has 2 saturated carbocycles. The number of amidine groups is 1. The Morgan fingerprint density at radius 1 is 1.47 bits per heavy atom. The van der Waals surface area contributed by atoms with Gasteiger partial charge in [0.1, 0.15) is 5.84 Å². The minimum absolute atomic E-state index is 0.243. The van der Waals surface area contributed by atoms with Gasteiger partial charge in [-0.1, -0.05) is 5.16 Å². The van der Waals surface area contributed by atoms with E-state index < -0.39 is 0 Å². The fourth-order valence-electron chi connectivity index (χ4n) is 2.04. The van der Waals surface area contributed by atoms with Crippen molar-refractivity contribution in [1.29, 1.82) is 0 Å². The van der Waals surface area contributed by atoms with Crippen LogP contribution in [0, 0.1) is 11.3 Å². The minimum atomic E-state index is 0.243. The van der Waals surface area contributed by atoms with Gasteiger partial charge in [0.25, 0.3) is 0 Å². The highest BCUT2D eigenvalue weighted by Crippen LogP contribution is 2.48. The highest BCUT2D eigenvalue weighted by molar-refractivity contribution is 5.80. The second-order valence-electron chi connectivity index (χ2n) is 5.46. The van der Waals surface area contributed by atoms with Crippen LogP contribution in [0.5, 0.6) is 0 Å². The molecule has 2 aliphatic rings. The molecule has 17 heavy (non-hydrogen) atoms. The highest BCUT2D eigenvalue weighted by Gasteiger charge is 2.42. The van der Waals surface area contributed by atoms with Crippen LogP contribution in [0.4, 0.5) is 0 Å². The molecule has 0 amide bonds. The van der Waals surface area contributed by atoms with Crippen LogP contribution in [0.25, 0.3) is 0 Å². The van der Waals surface area contributed by atoms with E-state index in [1.54, 1.807) is 0 Å². The van der Waals surface area contributed by atoms with E-state index in [-0.39, 0.29) is 5.41 Å². The van der Waals surface area contributed by atoms with Gasteiger partial charge in [0.15, 0.2) is 0 Å². The van der Waals surface area contributed by atoms with Crippen LogP contribution in [-0.4, -0.2) is 37.3 Å². The molecule has 0 aromatic heterocycles. The van der Waals surface area contributed by atoms with E-state index in [1.807, 2.05) is 0 Å². The predicted molar refractivity (Wildman–Crippen MR) is 66.1 cm³/mol. The molecule has 0 radical (unpaired) electrons. The number of nitrogens with zero attached hydrogens (tertiary/aromatic N) is 1. The molecule has 0 atom stereocenters. The summed E-state index contributed by atoms with van der Waals surface area (Å²) < 4.78 is 5.54. The lowest BCUT2D eigenvalue weighted by molar-refractivity contribution is 0.125. The Morgan fingerprint density at radius 3 is 2.82 bits per heavy atom. The van der Waals surface area contributed by atoms with Crippen molar-refractivity contribution in [2.24, 2.45) is 22.2 Å². The minimum Gasteiger partial charge on any atom is -0.409 e. The first kappa shape index (κ1) is 12.6. The van der Waals surface area contributed by atoms with Crippen molar-refractivity contribution in [2.75, 3.05) is 26.3 Å². The second kappa shape index (κ2) is 5.69. The first-order valence-corrected chi connectivity index (χ1v) is 6.49. The molecule has 98 valence electrons. The van der Waals surface area contributed by atoms with E-state index in [9.17, 15) is 0 Å². The lowest BCUT2D eigenvalue weighted by Gasteiger charge is -2.15. The maximum Gasteiger partial charge on any atom is 0.139 e. The number of ether oxygens (including phenoxy) is 1. The van der Waals surface area contributed by atoms with E-state index >= 15 is 0 Å².